The van der Waals surface area contributed by atoms with Crippen LogP contribution >= 0.6 is 15.9 Å². The molecule has 0 saturated carbocycles. The number of carboxylic acids is 1. The molecule has 0 aliphatic rings. The normalized spacial score (nSPS) is 10.4. The van der Waals surface area contributed by atoms with Crippen molar-refractivity contribution >= 4 is 21.9 Å². The van der Waals surface area contributed by atoms with Gasteiger partial charge in [-0.2, -0.15) is 0 Å². The zero-order chi connectivity index (χ0) is 11.7. The molecule has 0 atom stereocenters. The van der Waals surface area contributed by atoms with Crippen molar-refractivity contribution in [2.75, 3.05) is 0 Å². The zero-order valence-corrected chi connectivity index (χ0v) is 10.1. The van der Waals surface area contributed by atoms with Gasteiger partial charge < -0.3 is 9.52 Å². The Morgan fingerprint density at radius 1 is 1.31 bits per heavy atom. The van der Waals surface area contributed by atoms with E-state index in [9.17, 15) is 4.79 Å². The number of benzene rings is 1. The number of halogens is 1. The molecule has 3 nitrogen and oxygen atoms in total. The first kappa shape index (κ1) is 11.0. The summed E-state index contributed by atoms with van der Waals surface area (Å²) in [5.74, 6) is -0.538. The number of carboxylic acid groups (broad SMARTS) is 1. The summed E-state index contributed by atoms with van der Waals surface area (Å²) in [5, 5.41) is 8.77. The van der Waals surface area contributed by atoms with Crippen molar-refractivity contribution in [2.24, 2.45) is 0 Å². The summed E-state index contributed by atoms with van der Waals surface area (Å²) < 4.78 is 6.22. The molecule has 2 aromatic rings. The van der Waals surface area contributed by atoms with Gasteiger partial charge in [-0.05, 0) is 30.7 Å². The maximum absolute atomic E-state index is 10.7. The molecule has 1 heterocycles. The van der Waals surface area contributed by atoms with Gasteiger partial charge in [-0.15, -0.1) is 0 Å². The highest BCUT2D eigenvalue weighted by atomic mass is 79.9. The number of rotatable bonds is 2. The molecular formula is C12H9BrO3. The van der Waals surface area contributed by atoms with Crippen LogP contribution in [0.15, 0.2) is 39.2 Å². The first-order valence-corrected chi connectivity index (χ1v) is 5.47. The summed E-state index contributed by atoms with van der Waals surface area (Å²) in [7, 11) is 0. The van der Waals surface area contributed by atoms with Crippen molar-refractivity contribution < 1.29 is 14.3 Å². The van der Waals surface area contributed by atoms with E-state index in [1.54, 1.807) is 6.07 Å². The topological polar surface area (TPSA) is 50.4 Å². The van der Waals surface area contributed by atoms with Crippen LogP contribution in [0.25, 0.3) is 11.3 Å². The van der Waals surface area contributed by atoms with E-state index in [-0.39, 0.29) is 5.76 Å². The van der Waals surface area contributed by atoms with Crippen molar-refractivity contribution in [3.8, 4) is 11.3 Å². The molecule has 0 amide bonds. The first-order valence-electron chi connectivity index (χ1n) is 4.68. The third-order valence-electron chi connectivity index (χ3n) is 2.35. The third kappa shape index (κ3) is 1.88. The second kappa shape index (κ2) is 4.14. The summed E-state index contributed by atoms with van der Waals surface area (Å²) in [6.45, 7) is 1.95. The van der Waals surface area contributed by atoms with Crippen LogP contribution < -0.4 is 0 Å². The minimum absolute atomic E-state index is 0.0469. The van der Waals surface area contributed by atoms with Crippen molar-refractivity contribution in [1.29, 1.82) is 0 Å². The van der Waals surface area contributed by atoms with Gasteiger partial charge >= 0.3 is 5.97 Å². The van der Waals surface area contributed by atoms with Gasteiger partial charge in [-0.25, -0.2) is 4.79 Å². The van der Waals surface area contributed by atoms with E-state index in [0.29, 0.717) is 5.76 Å². The predicted octanol–water partition coefficient (Wildman–Crippen LogP) is 3.72. The van der Waals surface area contributed by atoms with Gasteiger partial charge in [0, 0.05) is 10.0 Å². The Bertz CT molecular complexity index is 543. The van der Waals surface area contributed by atoms with Crippen LogP contribution in [0.1, 0.15) is 16.1 Å². The molecule has 16 heavy (non-hydrogen) atoms. The van der Waals surface area contributed by atoms with Crippen LogP contribution in [0.5, 0.6) is 0 Å². The van der Waals surface area contributed by atoms with Crippen LogP contribution in [-0.4, -0.2) is 11.1 Å². The van der Waals surface area contributed by atoms with Crippen LogP contribution in [0, 0.1) is 6.92 Å². The lowest BCUT2D eigenvalue weighted by Gasteiger charge is -2.03. The molecule has 0 spiro atoms. The molecule has 4 heteroatoms. The SMILES string of the molecule is Cc1c(Br)cccc1-c1ccc(C(=O)O)o1. The summed E-state index contributed by atoms with van der Waals surface area (Å²) in [5.41, 5.74) is 1.91. The molecular weight excluding hydrogens is 272 g/mol. The largest absolute Gasteiger partial charge is 0.475 e. The van der Waals surface area contributed by atoms with E-state index in [2.05, 4.69) is 15.9 Å². The number of carbonyl (C=O) groups is 1. The van der Waals surface area contributed by atoms with Gasteiger partial charge in [0.25, 0.3) is 0 Å². The predicted molar refractivity (Wildman–Crippen MR) is 63.5 cm³/mol. The summed E-state index contributed by atoms with van der Waals surface area (Å²) >= 11 is 3.42. The molecule has 0 aliphatic carbocycles. The summed E-state index contributed by atoms with van der Waals surface area (Å²) in [6, 6.07) is 8.83. The maximum atomic E-state index is 10.7. The molecule has 0 saturated heterocycles. The zero-order valence-electron chi connectivity index (χ0n) is 8.53. The number of aromatic carboxylic acids is 1. The fraction of sp³-hybridized carbons (Fsp3) is 0.0833. The van der Waals surface area contributed by atoms with Crippen LogP contribution in [0.2, 0.25) is 0 Å². The Morgan fingerprint density at radius 2 is 2.06 bits per heavy atom. The van der Waals surface area contributed by atoms with Gasteiger partial charge in [-0.3, -0.25) is 0 Å². The van der Waals surface area contributed by atoms with Crippen molar-refractivity contribution in [3.05, 3.63) is 46.1 Å². The van der Waals surface area contributed by atoms with Crippen LogP contribution in [0.4, 0.5) is 0 Å². The quantitative estimate of drug-likeness (QED) is 0.912. The fourth-order valence-electron chi connectivity index (χ4n) is 1.47. The van der Waals surface area contributed by atoms with E-state index in [4.69, 9.17) is 9.52 Å². The number of hydrogen-bond acceptors (Lipinski definition) is 2. The maximum Gasteiger partial charge on any atom is 0.371 e. The highest BCUT2D eigenvalue weighted by molar-refractivity contribution is 9.10. The van der Waals surface area contributed by atoms with E-state index in [1.165, 1.54) is 6.07 Å². The van der Waals surface area contributed by atoms with E-state index < -0.39 is 5.97 Å². The summed E-state index contributed by atoms with van der Waals surface area (Å²) in [6.07, 6.45) is 0. The third-order valence-corrected chi connectivity index (χ3v) is 3.21. The highest BCUT2D eigenvalue weighted by Gasteiger charge is 2.12. The lowest BCUT2D eigenvalue weighted by Crippen LogP contribution is -1.91. The Balaban J connectivity index is 2.50. The Labute approximate surface area is 101 Å². The van der Waals surface area contributed by atoms with Crippen LogP contribution in [0.3, 0.4) is 0 Å². The molecule has 0 radical (unpaired) electrons. The van der Waals surface area contributed by atoms with Crippen molar-refractivity contribution in [3.63, 3.8) is 0 Å². The summed E-state index contributed by atoms with van der Waals surface area (Å²) in [4.78, 5) is 10.7. The van der Waals surface area contributed by atoms with E-state index >= 15 is 0 Å². The number of furan rings is 1. The molecule has 2 rings (SSSR count). The average molecular weight is 281 g/mol. The Kier molecular flexibility index (Phi) is 2.83. The van der Waals surface area contributed by atoms with E-state index in [0.717, 1.165) is 15.6 Å². The van der Waals surface area contributed by atoms with Gasteiger partial charge in [0.2, 0.25) is 5.76 Å². The molecule has 1 aromatic heterocycles. The monoisotopic (exact) mass is 280 g/mol. The van der Waals surface area contributed by atoms with Gasteiger partial charge in [0.15, 0.2) is 0 Å². The van der Waals surface area contributed by atoms with Crippen molar-refractivity contribution in [2.45, 2.75) is 6.92 Å². The average Bonchev–Trinajstić information content (AvgIpc) is 2.71. The lowest BCUT2D eigenvalue weighted by atomic mass is 10.1. The minimum Gasteiger partial charge on any atom is -0.475 e. The molecule has 1 aromatic carbocycles. The molecule has 0 bridgehead atoms. The van der Waals surface area contributed by atoms with Crippen molar-refractivity contribution in [1.82, 2.24) is 0 Å². The van der Waals surface area contributed by atoms with E-state index in [1.807, 2.05) is 25.1 Å². The van der Waals surface area contributed by atoms with Gasteiger partial charge in [0.05, 0.1) is 0 Å². The van der Waals surface area contributed by atoms with Gasteiger partial charge in [0.1, 0.15) is 5.76 Å². The standard InChI is InChI=1S/C12H9BrO3/c1-7-8(3-2-4-9(7)13)10-5-6-11(16-10)12(14)15/h2-6H,1H3,(H,14,15). The molecule has 1 N–H and O–H groups in total. The second-order valence-corrected chi connectivity index (χ2v) is 4.24. The smallest absolute Gasteiger partial charge is 0.371 e. The minimum atomic E-state index is -1.06. The lowest BCUT2D eigenvalue weighted by molar-refractivity contribution is 0.0663. The van der Waals surface area contributed by atoms with Crippen LogP contribution in [-0.2, 0) is 0 Å². The molecule has 0 fully saturated rings. The molecule has 0 unspecified atom stereocenters. The Morgan fingerprint density at radius 3 is 2.69 bits per heavy atom. The Hall–Kier alpha value is -1.55. The van der Waals surface area contributed by atoms with Gasteiger partial charge in [-0.1, -0.05) is 28.1 Å². The number of hydrogen-bond donors (Lipinski definition) is 1. The first-order chi connectivity index (χ1) is 7.59. The highest BCUT2D eigenvalue weighted by Crippen LogP contribution is 2.29. The second-order valence-electron chi connectivity index (χ2n) is 3.38. The molecule has 82 valence electrons. The molecule has 0 aliphatic heterocycles. The fourth-order valence-corrected chi connectivity index (χ4v) is 1.84.